The highest BCUT2D eigenvalue weighted by Gasteiger charge is 2.52. The van der Waals surface area contributed by atoms with E-state index in [1.807, 2.05) is 6.07 Å². The fraction of sp³-hybridized carbons (Fsp3) is 0.692. The van der Waals surface area contributed by atoms with Crippen LogP contribution in [-0.2, 0) is 11.2 Å². The number of carbonyl (C=O) groups is 1. The Morgan fingerprint density at radius 2 is 2.06 bits per heavy atom. The van der Waals surface area contributed by atoms with Crippen LogP contribution in [0.25, 0.3) is 0 Å². The van der Waals surface area contributed by atoms with Crippen molar-refractivity contribution in [3.8, 4) is 0 Å². The number of hydrogen-bond donors (Lipinski definition) is 2. The standard InChI is InChI=1S/C13H18N4O/c18-13(5-8-3-4-14-16-8)17-6-9-10(7-17)12-2-1-11(9)15-12/h3-4,9-12,15H,1-2,5-7H2,(H,14,16)/t9-,10+,11-,12+. The summed E-state index contributed by atoms with van der Waals surface area (Å²) >= 11 is 0. The number of nitrogens with zero attached hydrogens (tertiary/aromatic N) is 2. The maximum absolute atomic E-state index is 12.2. The molecular formula is C13H18N4O. The zero-order valence-electron chi connectivity index (χ0n) is 10.3. The van der Waals surface area contributed by atoms with Gasteiger partial charge in [-0.2, -0.15) is 5.10 Å². The molecule has 3 aliphatic rings. The highest BCUT2D eigenvalue weighted by molar-refractivity contribution is 5.78. The third-order valence-corrected chi connectivity index (χ3v) is 4.92. The van der Waals surface area contributed by atoms with E-state index in [1.165, 1.54) is 12.8 Å². The first kappa shape index (κ1) is 10.6. The molecule has 0 spiro atoms. The summed E-state index contributed by atoms with van der Waals surface area (Å²) in [7, 11) is 0. The van der Waals surface area contributed by atoms with E-state index in [2.05, 4.69) is 20.4 Å². The van der Waals surface area contributed by atoms with Crippen LogP contribution in [0.3, 0.4) is 0 Å². The third-order valence-electron chi connectivity index (χ3n) is 4.92. The van der Waals surface area contributed by atoms with Gasteiger partial charge in [-0.25, -0.2) is 0 Å². The second-order valence-electron chi connectivity index (χ2n) is 5.84. The molecule has 3 fully saturated rings. The zero-order valence-corrected chi connectivity index (χ0v) is 10.3. The molecule has 0 unspecified atom stereocenters. The maximum Gasteiger partial charge on any atom is 0.228 e. The molecule has 4 atom stereocenters. The highest BCUT2D eigenvalue weighted by atomic mass is 16.2. The van der Waals surface area contributed by atoms with Gasteiger partial charge in [-0.05, 0) is 30.7 Å². The monoisotopic (exact) mass is 246 g/mol. The lowest BCUT2D eigenvalue weighted by Gasteiger charge is -2.19. The fourth-order valence-electron chi connectivity index (χ4n) is 4.04. The Balaban J connectivity index is 1.44. The molecule has 5 nitrogen and oxygen atoms in total. The average Bonchev–Trinajstić information content (AvgIpc) is 3.11. The normalized spacial score (nSPS) is 37.2. The SMILES string of the molecule is O=C(Cc1ccn[nH]1)N1C[C@@H]2[C@H](C1)[C@@H]1CC[C@H]2N1. The summed E-state index contributed by atoms with van der Waals surface area (Å²) < 4.78 is 0. The summed E-state index contributed by atoms with van der Waals surface area (Å²) in [6.07, 6.45) is 4.76. The molecule has 5 heteroatoms. The van der Waals surface area contributed by atoms with Crippen LogP contribution >= 0.6 is 0 Å². The molecule has 3 saturated heterocycles. The predicted octanol–water partition coefficient (Wildman–Crippen LogP) is 0.161. The minimum atomic E-state index is 0.244. The highest BCUT2D eigenvalue weighted by Crippen LogP contribution is 2.42. The number of fused-ring (bicyclic) bond motifs is 5. The van der Waals surface area contributed by atoms with E-state index in [-0.39, 0.29) is 5.91 Å². The average molecular weight is 246 g/mol. The van der Waals surface area contributed by atoms with E-state index in [9.17, 15) is 4.79 Å². The first-order valence-corrected chi connectivity index (χ1v) is 6.83. The summed E-state index contributed by atoms with van der Waals surface area (Å²) in [5.74, 6) is 1.65. The minimum absolute atomic E-state index is 0.244. The first-order chi connectivity index (χ1) is 8.81. The van der Waals surface area contributed by atoms with E-state index in [4.69, 9.17) is 0 Å². The lowest BCUT2D eigenvalue weighted by Crippen LogP contribution is -2.35. The van der Waals surface area contributed by atoms with Crippen molar-refractivity contribution in [3.05, 3.63) is 18.0 Å². The zero-order chi connectivity index (χ0) is 12.1. The summed E-state index contributed by atoms with van der Waals surface area (Å²) in [5, 5.41) is 10.4. The van der Waals surface area contributed by atoms with Crippen molar-refractivity contribution in [3.63, 3.8) is 0 Å². The molecule has 0 aromatic carbocycles. The van der Waals surface area contributed by atoms with E-state index < -0.39 is 0 Å². The smallest absolute Gasteiger partial charge is 0.228 e. The number of hydrogen-bond acceptors (Lipinski definition) is 3. The van der Waals surface area contributed by atoms with Crippen LogP contribution in [-0.4, -0.2) is 46.2 Å². The Hall–Kier alpha value is -1.36. The number of aromatic amines is 1. The molecule has 0 radical (unpaired) electrons. The molecule has 2 N–H and O–H groups in total. The molecule has 1 amide bonds. The quantitative estimate of drug-likeness (QED) is 0.781. The van der Waals surface area contributed by atoms with E-state index in [1.54, 1.807) is 6.20 Å². The number of nitrogens with one attached hydrogen (secondary N) is 2. The van der Waals surface area contributed by atoms with Gasteiger partial charge in [0.15, 0.2) is 0 Å². The Bertz CT molecular complexity index is 440. The van der Waals surface area contributed by atoms with Crippen molar-refractivity contribution in [2.45, 2.75) is 31.3 Å². The molecular weight excluding hydrogens is 228 g/mol. The number of aromatic nitrogens is 2. The molecule has 4 heterocycles. The van der Waals surface area contributed by atoms with Crippen molar-refractivity contribution < 1.29 is 4.79 Å². The van der Waals surface area contributed by atoms with E-state index >= 15 is 0 Å². The van der Waals surface area contributed by atoms with Crippen molar-refractivity contribution >= 4 is 5.91 Å². The Kier molecular flexibility index (Phi) is 2.24. The van der Waals surface area contributed by atoms with Gasteiger partial charge in [0.05, 0.1) is 6.42 Å². The molecule has 96 valence electrons. The molecule has 1 aromatic rings. The van der Waals surface area contributed by atoms with Crippen LogP contribution in [0.2, 0.25) is 0 Å². The van der Waals surface area contributed by atoms with E-state index in [0.29, 0.717) is 30.3 Å². The number of rotatable bonds is 2. The van der Waals surface area contributed by atoms with Crippen LogP contribution in [0.5, 0.6) is 0 Å². The molecule has 1 aromatic heterocycles. The maximum atomic E-state index is 12.2. The summed E-state index contributed by atoms with van der Waals surface area (Å²) in [6, 6.07) is 3.22. The minimum Gasteiger partial charge on any atom is -0.342 e. The van der Waals surface area contributed by atoms with Gasteiger partial charge in [0.25, 0.3) is 0 Å². The third kappa shape index (κ3) is 1.50. The Labute approximate surface area is 106 Å². The largest absolute Gasteiger partial charge is 0.342 e. The Morgan fingerprint density at radius 3 is 2.67 bits per heavy atom. The molecule has 0 saturated carbocycles. The van der Waals surface area contributed by atoms with Gasteiger partial charge >= 0.3 is 0 Å². The topological polar surface area (TPSA) is 61.0 Å². The molecule has 2 bridgehead atoms. The molecule has 3 aliphatic heterocycles. The van der Waals surface area contributed by atoms with Gasteiger partial charge in [-0.1, -0.05) is 0 Å². The van der Waals surface area contributed by atoms with Crippen LogP contribution < -0.4 is 5.32 Å². The van der Waals surface area contributed by atoms with Gasteiger partial charge < -0.3 is 10.2 Å². The lowest BCUT2D eigenvalue weighted by molar-refractivity contribution is -0.129. The van der Waals surface area contributed by atoms with Gasteiger partial charge in [-0.3, -0.25) is 9.89 Å². The molecule has 0 aliphatic carbocycles. The van der Waals surface area contributed by atoms with Crippen molar-refractivity contribution in [2.75, 3.05) is 13.1 Å². The van der Waals surface area contributed by atoms with Crippen LogP contribution in [0.1, 0.15) is 18.5 Å². The molecule has 4 rings (SSSR count). The predicted molar refractivity (Wildman–Crippen MR) is 65.8 cm³/mol. The van der Waals surface area contributed by atoms with Gasteiger partial charge in [-0.15, -0.1) is 0 Å². The summed E-state index contributed by atoms with van der Waals surface area (Å²) in [5.41, 5.74) is 0.915. The van der Waals surface area contributed by atoms with Gasteiger partial charge in [0.1, 0.15) is 0 Å². The fourth-order valence-corrected chi connectivity index (χ4v) is 4.04. The number of carbonyl (C=O) groups excluding carboxylic acids is 1. The van der Waals surface area contributed by atoms with Gasteiger partial charge in [0.2, 0.25) is 5.91 Å². The summed E-state index contributed by atoms with van der Waals surface area (Å²) in [6.45, 7) is 1.90. The van der Waals surface area contributed by atoms with E-state index in [0.717, 1.165) is 18.8 Å². The van der Waals surface area contributed by atoms with Crippen LogP contribution in [0.4, 0.5) is 0 Å². The Morgan fingerprint density at radius 1 is 1.33 bits per heavy atom. The number of likely N-dealkylation sites (tertiary alicyclic amines) is 1. The van der Waals surface area contributed by atoms with Crippen molar-refractivity contribution in [2.24, 2.45) is 11.8 Å². The first-order valence-electron chi connectivity index (χ1n) is 6.83. The van der Waals surface area contributed by atoms with Gasteiger partial charge in [0, 0.05) is 37.1 Å². The second-order valence-corrected chi connectivity index (χ2v) is 5.84. The van der Waals surface area contributed by atoms with Crippen molar-refractivity contribution in [1.29, 1.82) is 0 Å². The lowest BCUT2D eigenvalue weighted by atomic mass is 9.82. The summed E-state index contributed by atoms with van der Waals surface area (Å²) in [4.78, 5) is 14.3. The number of amides is 1. The number of H-pyrrole nitrogens is 1. The molecule has 18 heavy (non-hydrogen) atoms. The van der Waals surface area contributed by atoms with Crippen molar-refractivity contribution in [1.82, 2.24) is 20.4 Å². The second kappa shape index (κ2) is 3.82. The van der Waals surface area contributed by atoms with Crippen LogP contribution in [0, 0.1) is 11.8 Å². The van der Waals surface area contributed by atoms with Crippen LogP contribution in [0.15, 0.2) is 12.3 Å².